The summed E-state index contributed by atoms with van der Waals surface area (Å²) >= 11 is 5.60. The highest BCUT2D eigenvalue weighted by Crippen LogP contribution is 2.27. The second kappa shape index (κ2) is 11.0. The molecule has 2 rings (SSSR count). The maximum atomic E-state index is 12.1. The minimum absolute atomic E-state index is 0.0382. The number of allylic oxidation sites excluding steroid dienone is 8. The van der Waals surface area contributed by atoms with Crippen LogP contribution >= 0.6 is 11.6 Å². The number of Topliss-reactive ketones (excluding diaryl/α,β-unsaturated/α-hetero) is 4. The van der Waals surface area contributed by atoms with Crippen molar-refractivity contribution in [2.75, 3.05) is 20.1 Å². The van der Waals surface area contributed by atoms with Crippen molar-refractivity contribution >= 4 is 34.7 Å². The highest BCUT2D eigenvalue weighted by molar-refractivity contribution is 6.30. The Labute approximate surface area is 188 Å². The van der Waals surface area contributed by atoms with Crippen LogP contribution in [-0.2, 0) is 28.7 Å². The molecule has 2 aliphatic rings. The molecule has 0 aromatic carbocycles. The molecule has 0 N–H and O–H groups in total. The largest absolute Gasteiger partial charge is 0.492 e. The van der Waals surface area contributed by atoms with E-state index in [1.54, 1.807) is 27.7 Å². The Morgan fingerprint density at radius 3 is 1.45 bits per heavy atom. The third-order valence-corrected chi connectivity index (χ3v) is 5.43. The number of hydrogen-bond acceptors (Lipinski definition) is 6. The second-order valence-electron chi connectivity index (χ2n) is 7.46. The molecule has 0 saturated carbocycles. The first-order valence-corrected chi connectivity index (χ1v) is 10.2. The zero-order valence-electron chi connectivity index (χ0n) is 19.3. The standard InChI is InChI=1S/C14H18O3.C10H11ClO3/c1-8(2)6-7-11-9(3)12(15)10(4)14(17-5)13(11)16;1-5-7(4-11)9(13)10(14-3)6(2)8(5)12/h6H,7H2,1-5H3;4H2,1-3H3. The molecule has 0 aromatic heterocycles. The summed E-state index contributed by atoms with van der Waals surface area (Å²) in [5.41, 5.74) is 3.70. The van der Waals surface area contributed by atoms with Gasteiger partial charge in [-0.1, -0.05) is 11.6 Å². The highest BCUT2D eigenvalue weighted by Gasteiger charge is 2.31. The number of carbonyl (C=O) groups excluding carboxylic acids is 4. The van der Waals surface area contributed by atoms with Gasteiger partial charge in [0.25, 0.3) is 0 Å². The first kappa shape index (κ1) is 26.3. The monoisotopic (exact) mass is 448 g/mol. The van der Waals surface area contributed by atoms with Crippen molar-refractivity contribution in [3.8, 4) is 0 Å². The highest BCUT2D eigenvalue weighted by atomic mass is 35.5. The lowest BCUT2D eigenvalue weighted by molar-refractivity contribution is -0.118. The Kier molecular flexibility index (Phi) is 9.38. The first-order chi connectivity index (χ1) is 14.4. The zero-order valence-corrected chi connectivity index (χ0v) is 20.1. The van der Waals surface area contributed by atoms with E-state index in [4.69, 9.17) is 21.1 Å². The molecular formula is C24H29ClO6. The zero-order chi connectivity index (χ0) is 24.0. The molecule has 0 fully saturated rings. The summed E-state index contributed by atoms with van der Waals surface area (Å²) in [7, 11) is 2.79. The number of alkyl halides is 1. The van der Waals surface area contributed by atoms with Gasteiger partial charge in [0.1, 0.15) is 0 Å². The molecule has 0 spiro atoms. The van der Waals surface area contributed by atoms with Crippen LogP contribution in [0.5, 0.6) is 0 Å². The van der Waals surface area contributed by atoms with Crippen LogP contribution < -0.4 is 0 Å². The van der Waals surface area contributed by atoms with Crippen molar-refractivity contribution < 1.29 is 28.7 Å². The fraction of sp³-hybridized carbons (Fsp3) is 0.417. The van der Waals surface area contributed by atoms with Crippen LogP contribution in [0.25, 0.3) is 0 Å². The molecule has 168 valence electrons. The first-order valence-electron chi connectivity index (χ1n) is 9.71. The van der Waals surface area contributed by atoms with Crippen LogP contribution in [-0.4, -0.2) is 43.2 Å². The fourth-order valence-corrected chi connectivity index (χ4v) is 3.52. The van der Waals surface area contributed by atoms with Crippen molar-refractivity contribution in [1.29, 1.82) is 0 Å². The molecule has 31 heavy (non-hydrogen) atoms. The Hall–Kier alpha value is -2.73. The topological polar surface area (TPSA) is 86.7 Å². The summed E-state index contributed by atoms with van der Waals surface area (Å²) < 4.78 is 9.91. The number of rotatable bonds is 5. The van der Waals surface area contributed by atoms with Gasteiger partial charge >= 0.3 is 0 Å². The van der Waals surface area contributed by atoms with E-state index in [0.29, 0.717) is 39.9 Å². The SMILES string of the molecule is COC1=C(C)C(=O)C(C)=C(CC=C(C)C)C1=O.COC1=C(C)C(=O)C(C)=C(CCl)C1=O. The number of ketones is 4. The number of halogens is 1. The molecule has 0 bridgehead atoms. The minimum atomic E-state index is -0.280. The Bertz CT molecular complexity index is 950. The van der Waals surface area contributed by atoms with Gasteiger partial charge in [-0.05, 0) is 48.0 Å². The van der Waals surface area contributed by atoms with Crippen LogP contribution in [0.2, 0.25) is 0 Å². The number of carbonyl (C=O) groups is 4. The summed E-state index contributed by atoms with van der Waals surface area (Å²) in [6.45, 7) is 10.4. The van der Waals surface area contributed by atoms with Crippen molar-refractivity contribution in [3.63, 3.8) is 0 Å². The van der Waals surface area contributed by atoms with Gasteiger partial charge in [0.05, 0.1) is 20.1 Å². The van der Waals surface area contributed by atoms with Gasteiger partial charge in [-0.3, -0.25) is 19.2 Å². The van der Waals surface area contributed by atoms with Gasteiger partial charge in [0.2, 0.25) is 11.6 Å². The molecule has 6 nitrogen and oxygen atoms in total. The smallest absolute Gasteiger partial charge is 0.225 e. The van der Waals surface area contributed by atoms with Crippen LogP contribution in [0.1, 0.15) is 48.0 Å². The van der Waals surface area contributed by atoms with E-state index < -0.39 is 0 Å². The van der Waals surface area contributed by atoms with Gasteiger partial charge in [0.15, 0.2) is 23.1 Å². The molecule has 0 radical (unpaired) electrons. The van der Waals surface area contributed by atoms with E-state index in [2.05, 4.69) is 0 Å². The second-order valence-corrected chi connectivity index (χ2v) is 7.73. The van der Waals surface area contributed by atoms with Gasteiger partial charge in [-0.25, -0.2) is 0 Å². The average molecular weight is 449 g/mol. The van der Waals surface area contributed by atoms with Gasteiger partial charge < -0.3 is 9.47 Å². The van der Waals surface area contributed by atoms with Crippen LogP contribution in [0.15, 0.2) is 56.6 Å². The van der Waals surface area contributed by atoms with Crippen LogP contribution in [0.4, 0.5) is 0 Å². The Morgan fingerprint density at radius 1 is 0.710 bits per heavy atom. The van der Waals surface area contributed by atoms with E-state index in [9.17, 15) is 19.2 Å². The molecule has 0 amide bonds. The quantitative estimate of drug-likeness (QED) is 0.353. The van der Waals surface area contributed by atoms with Gasteiger partial charge in [-0.2, -0.15) is 0 Å². The van der Waals surface area contributed by atoms with E-state index in [1.165, 1.54) is 14.2 Å². The van der Waals surface area contributed by atoms with E-state index in [-0.39, 0.29) is 40.5 Å². The third kappa shape index (κ3) is 5.50. The summed E-state index contributed by atoms with van der Waals surface area (Å²) in [6.07, 6.45) is 2.43. The van der Waals surface area contributed by atoms with Gasteiger partial charge in [-0.15, -0.1) is 11.6 Å². The molecule has 0 aliphatic heterocycles. The molecule has 0 unspecified atom stereocenters. The van der Waals surface area contributed by atoms with Crippen molar-refractivity contribution in [1.82, 2.24) is 0 Å². The summed E-state index contributed by atoms with van der Waals surface area (Å²) in [5.74, 6) is -0.391. The van der Waals surface area contributed by atoms with Crippen molar-refractivity contribution in [3.05, 3.63) is 56.6 Å². The summed E-state index contributed by atoms with van der Waals surface area (Å²) in [6, 6.07) is 0. The van der Waals surface area contributed by atoms with Crippen molar-refractivity contribution in [2.45, 2.75) is 48.0 Å². The Balaban J connectivity index is 0.000000316. The lowest BCUT2D eigenvalue weighted by Crippen LogP contribution is -2.23. The van der Waals surface area contributed by atoms with Gasteiger partial charge in [0, 0.05) is 33.4 Å². The number of methoxy groups -OCH3 is 2. The molecule has 7 heteroatoms. The van der Waals surface area contributed by atoms with E-state index in [0.717, 1.165) is 5.57 Å². The molecule has 2 aliphatic carbocycles. The van der Waals surface area contributed by atoms with E-state index in [1.807, 2.05) is 19.9 Å². The predicted octanol–water partition coefficient (Wildman–Crippen LogP) is 4.35. The molecule has 0 atom stereocenters. The minimum Gasteiger partial charge on any atom is -0.492 e. The maximum Gasteiger partial charge on any atom is 0.225 e. The predicted molar refractivity (Wildman–Crippen MR) is 120 cm³/mol. The molecular weight excluding hydrogens is 420 g/mol. The number of hydrogen-bond donors (Lipinski definition) is 0. The summed E-state index contributed by atoms with van der Waals surface area (Å²) in [5, 5.41) is 0. The number of ether oxygens (including phenoxy) is 2. The van der Waals surface area contributed by atoms with E-state index >= 15 is 0 Å². The molecule has 0 heterocycles. The third-order valence-electron chi connectivity index (χ3n) is 5.17. The van der Waals surface area contributed by atoms with Crippen molar-refractivity contribution in [2.24, 2.45) is 0 Å². The molecule has 0 aromatic rings. The fourth-order valence-electron chi connectivity index (χ4n) is 3.20. The normalized spacial score (nSPS) is 17.2. The average Bonchev–Trinajstić information content (AvgIpc) is 2.72. The lowest BCUT2D eigenvalue weighted by atomic mass is 9.87. The maximum absolute atomic E-state index is 12.1. The molecule has 0 saturated heterocycles. The lowest BCUT2D eigenvalue weighted by Gasteiger charge is -2.18. The Morgan fingerprint density at radius 2 is 1.10 bits per heavy atom. The van der Waals surface area contributed by atoms with Crippen LogP contribution in [0.3, 0.4) is 0 Å². The summed E-state index contributed by atoms with van der Waals surface area (Å²) in [4.78, 5) is 47.3. The van der Waals surface area contributed by atoms with Crippen LogP contribution in [0, 0.1) is 0 Å².